The number of hydrogen-bond acceptors (Lipinski definition) is 5. The molecule has 0 aliphatic carbocycles. The number of para-hydroxylation sites is 1. The zero-order valence-electron chi connectivity index (χ0n) is 12.2. The third-order valence-electron chi connectivity index (χ3n) is 3.32. The lowest BCUT2D eigenvalue weighted by Crippen LogP contribution is -2.20. The van der Waals surface area contributed by atoms with Crippen LogP contribution in [0.2, 0.25) is 0 Å². The van der Waals surface area contributed by atoms with E-state index in [0.29, 0.717) is 16.7 Å². The van der Waals surface area contributed by atoms with Crippen LogP contribution in [0.1, 0.15) is 10.4 Å². The van der Waals surface area contributed by atoms with Gasteiger partial charge in [0, 0.05) is 17.1 Å². The number of carbonyl (C=O) groups excluding carboxylic acids is 1. The molecule has 0 fully saturated rings. The predicted molar refractivity (Wildman–Crippen MR) is 85.1 cm³/mol. The van der Waals surface area contributed by atoms with Crippen LogP contribution in [0.4, 0.5) is 5.69 Å². The van der Waals surface area contributed by atoms with Crippen molar-refractivity contribution in [1.29, 1.82) is 0 Å². The van der Waals surface area contributed by atoms with E-state index in [1.807, 2.05) is 0 Å². The van der Waals surface area contributed by atoms with E-state index in [0.717, 1.165) is 0 Å². The molecule has 0 bridgehead atoms. The fourth-order valence-corrected chi connectivity index (χ4v) is 2.19. The molecule has 0 radical (unpaired) electrons. The van der Waals surface area contributed by atoms with Gasteiger partial charge in [0.25, 0.3) is 5.91 Å². The summed E-state index contributed by atoms with van der Waals surface area (Å²) in [4.78, 5) is 24.2. The first kappa shape index (κ1) is 14.6. The summed E-state index contributed by atoms with van der Waals surface area (Å²) >= 11 is 0. The molecule has 3 rings (SSSR count). The van der Waals surface area contributed by atoms with E-state index in [1.54, 1.807) is 30.3 Å². The van der Waals surface area contributed by atoms with Gasteiger partial charge in [-0.1, -0.05) is 18.2 Å². The summed E-state index contributed by atoms with van der Waals surface area (Å²) in [6, 6.07) is 12.8. The van der Waals surface area contributed by atoms with Gasteiger partial charge >= 0.3 is 5.63 Å². The first-order valence-corrected chi connectivity index (χ1v) is 6.80. The smallest absolute Gasteiger partial charge is 0.349 e. The molecule has 1 aromatic heterocycles. The third-order valence-corrected chi connectivity index (χ3v) is 3.32. The van der Waals surface area contributed by atoms with Crippen LogP contribution in [0, 0.1) is 0 Å². The Kier molecular flexibility index (Phi) is 3.72. The Morgan fingerprint density at radius 2 is 1.96 bits per heavy atom. The summed E-state index contributed by atoms with van der Waals surface area (Å²) in [5.41, 5.74) is -0.0880. The molecule has 23 heavy (non-hydrogen) atoms. The molecule has 0 saturated carbocycles. The number of fused-ring (bicyclic) bond motifs is 1. The number of phenolic OH excluding ortho intramolecular Hbond substituents is 1. The van der Waals surface area contributed by atoms with Crippen LogP contribution in [-0.4, -0.2) is 18.1 Å². The molecular formula is C17H13NO5. The number of ether oxygens (including phenoxy) is 1. The molecule has 0 saturated heterocycles. The van der Waals surface area contributed by atoms with Gasteiger partial charge in [-0.3, -0.25) is 4.79 Å². The number of anilines is 1. The fraction of sp³-hybridized carbons (Fsp3) is 0.0588. The molecule has 0 aliphatic rings. The number of benzene rings is 2. The largest absolute Gasteiger partial charge is 0.504 e. The molecule has 116 valence electrons. The Labute approximate surface area is 130 Å². The van der Waals surface area contributed by atoms with Crippen molar-refractivity contribution < 1.29 is 19.1 Å². The van der Waals surface area contributed by atoms with Crippen molar-refractivity contribution in [2.45, 2.75) is 0 Å². The molecule has 1 amide bonds. The summed E-state index contributed by atoms with van der Waals surface area (Å²) in [6.45, 7) is 0. The zero-order valence-corrected chi connectivity index (χ0v) is 12.2. The second-order valence-corrected chi connectivity index (χ2v) is 4.83. The van der Waals surface area contributed by atoms with Crippen LogP contribution in [-0.2, 0) is 0 Å². The number of carbonyl (C=O) groups is 1. The normalized spacial score (nSPS) is 10.5. The van der Waals surface area contributed by atoms with Crippen molar-refractivity contribution in [2.24, 2.45) is 0 Å². The highest BCUT2D eigenvalue weighted by Crippen LogP contribution is 2.28. The predicted octanol–water partition coefficient (Wildman–Crippen LogP) is 2.76. The van der Waals surface area contributed by atoms with E-state index in [1.165, 1.54) is 25.3 Å². The maximum atomic E-state index is 12.3. The topological polar surface area (TPSA) is 88.8 Å². The highest BCUT2D eigenvalue weighted by atomic mass is 16.5. The summed E-state index contributed by atoms with van der Waals surface area (Å²) in [5.74, 6) is -0.446. The van der Waals surface area contributed by atoms with Gasteiger partial charge in [-0.25, -0.2) is 4.79 Å². The van der Waals surface area contributed by atoms with E-state index in [-0.39, 0.29) is 17.1 Å². The molecule has 6 nitrogen and oxygen atoms in total. The number of rotatable bonds is 3. The number of hydrogen-bond donors (Lipinski definition) is 2. The van der Waals surface area contributed by atoms with Gasteiger partial charge in [0.05, 0.1) is 7.11 Å². The summed E-state index contributed by atoms with van der Waals surface area (Å²) < 4.78 is 10.1. The zero-order chi connectivity index (χ0) is 16.4. The van der Waals surface area contributed by atoms with Gasteiger partial charge in [-0.2, -0.15) is 0 Å². The molecule has 0 spiro atoms. The lowest BCUT2D eigenvalue weighted by molar-refractivity contribution is 0.102. The molecule has 2 N–H and O–H groups in total. The van der Waals surface area contributed by atoms with Crippen molar-refractivity contribution in [3.63, 3.8) is 0 Å². The summed E-state index contributed by atoms with van der Waals surface area (Å²) in [6.07, 6.45) is 0. The van der Waals surface area contributed by atoms with Crippen molar-refractivity contribution in [2.75, 3.05) is 12.4 Å². The van der Waals surface area contributed by atoms with Crippen LogP contribution in [0.15, 0.2) is 57.7 Å². The number of nitrogens with one attached hydrogen (secondary N) is 1. The lowest BCUT2D eigenvalue weighted by atomic mass is 10.1. The molecule has 3 aromatic rings. The molecule has 6 heteroatoms. The van der Waals surface area contributed by atoms with Crippen LogP contribution in [0.5, 0.6) is 11.5 Å². The quantitative estimate of drug-likeness (QED) is 0.726. The van der Waals surface area contributed by atoms with Crippen LogP contribution in [0.3, 0.4) is 0 Å². The van der Waals surface area contributed by atoms with E-state index < -0.39 is 11.5 Å². The Hall–Kier alpha value is -3.28. The van der Waals surface area contributed by atoms with Gasteiger partial charge in [0.15, 0.2) is 11.5 Å². The van der Waals surface area contributed by atoms with Crippen LogP contribution >= 0.6 is 0 Å². The van der Waals surface area contributed by atoms with Gasteiger partial charge in [0.1, 0.15) is 11.1 Å². The van der Waals surface area contributed by atoms with Crippen molar-refractivity contribution in [3.8, 4) is 11.5 Å². The van der Waals surface area contributed by atoms with Crippen molar-refractivity contribution >= 4 is 22.6 Å². The maximum Gasteiger partial charge on any atom is 0.349 e. The highest BCUT2D eigenvalue weighted by Gasteiger charge is 2.14. The fourth-order valence-electron chi connectivity index (χ4n) is 2.19. The van der Waals surface area contributed by atoms with Crippen molar-refractivity contribution in [1.82, 2.24) is 0 Å². The number of phenols is 1. The Morgan fingerprint density at radius 3 is 2.70 bits per heavy atom. The van der Waals surface area contributed by atoms with Crippen LogP contribution in [0.25, 0.3) is 11.0 Å². The average Bonchev–Trinajstić information content (AvgIpc) is 2.54. The highest BCUT2D eigenvalue weighted by molar-refractivity contribution is 6.05. The standard InChI is InChI=1S/C17H13NO5/c1-22-15-7-6-11(9-13(15)19)18-16(20)12-8-10-4-2-3-5-14(10)23-17(12)21/h2-9,19H,1H3,(H,18,20). The Morgan fingerprint density at radius 1 is 1.17 bits per heavy atom. The van der Waals surface area contributed by atoms with Gasteiger partial charge in [0.2, 0.25) is 0 Å². The minimum absolute atomic E-state index is 0.112. The summed E-state index contributed by atoms with van der Waals surface area (Å²) in [5, 5.41) is 12.9. The first-order chi connectivity index (χ1) is 11.1. The Balaban J connectivity index is 1.93. The SMILES string of the molecule is COc1ccc(NC(=O)c2cc3ccccc3oc2=O)cc1O. The minimum atomic E-state index is -0.723. The van der Waals surface area contributed by atoms with E-state index in [4.69, 9.17) is 9.15 Å². The molecular weight excluding hydrogens is 298 g/mol. The van der Waals surface area contributed by atoms with Gasteiger partial charge < -0.3 is 19.6 Å². The lowest BCUT2D eigenvalue weighted by Gasteiger charge is -2.08. The second-order valence-electron chi connectivity index (χ2n) is 4.83. The molecule has 0 aliphatic heterocycles. The molecule has 2 aromatic carbocycles. The van der Waals surface area contributed by atoms with E-state index >= 15 is 0 Å². The Bertz CT molecular complexity index is 945. The number of aromatic hydroxyl groups is 1. The van der Waals surface area contributed by atoms with Crippen molar-refractivity contribution in [3.05, 3.63) is 64.5 Å². The average molecular weight is 311 g/mol. The second kappa shape index (κ2) is 5.84. The monoisotopic (exact) mass is 311 g/mol. The van der Waals surface area contributed by atoms with Gasteiger partial charge in [-0.15, -0.1) is 0 Å². The van der Waals surface area contributed by atoms with Crippen LogP contribution < -0.4 is 15.7 Å². The first-order valence-electron chi connectivity index (χ1n) is 6.80. The van der Waals surface area contributed by atoms with E-state index in [9.17, 15) is 14.7 Å². The van der Waals surface area contributed by atoms with Gasteiger partial charge in [-0.05, 0) is 24.3 Å². The number of methoxy groups -OCH3 is 1. The maximum absolute atomic E-state index is 12.3. The minimum Gasteiger partial charge on any atom is -0.504 e. The molecule has 0 atom stereocenters. The van der Waals surface area contributed by atoms with E-state index in [2.05, 4.69) is 5.32 Å². The molecule has 0 unspecified atom stereocenters. The molecule has 1 heterocycles. The summed E-state index contributed by atoms with van der Waals surface area (Å²) in [7, 11) is 1.42. The number of amides is 1. The third kappa shape index (κ3) is 2.87.